The van der Waals surface area contributed by atoms with Crippen molar-refractivity contribution in [1.82, 2.24) is 5.43 Å². The van der Waals surface area contributed by atoms with Crippen LogP contribution in [0, 0.1) is 0 Å². The van der Waals surface area contributed by atoms with E-state index in [9.17, 15) is 4.79 Å². The summed E-state index contributed by atoms with van der Waals surface area (Å²) in [5.74, 6) is 5.22. The molecule has 82 valence electrons. The van der Waals surface area contributed by atoms with Crippen LogP contribution in [-0.2, 0) is 11.4 Å². The second kappa shape index (κ2) is 6.00. The number of hydrogen-bond donors (Lipinski definition) is 3. The number of aliphatic hydroxyl groups is 1. The first-order chi connectivity index (χ1) is 7.27. The molecule has 1 aromatic carbocycles. The second-order valence-corrected chi connectivity index (χ2v) is 2.93. The smallest absolute Gasteiger partial charge is 0.237 e. The summed E-state index contributed by atoms with van der Waals surface area (Å²) in [5.41, 5.74) is 2.71. The molecule has 0 atom stereocenters. The molecule has 15 heavy (non-hydrogen) atoms. The molecule has 0 aliphatic rings. The van der Waals surface area contributed by atoms with Crippen molar-refractivity contribution in [2.24, 2.45) is 5.84 Å². The maximum atomic E-state index is 10.8. The number of rotatable bonds is 5. The topological polar surface area (TPSA) is 84.6 Å². The number of hydrazine groups is 1. The van der Waals surface area contributed by atoms with Crippen LogP contribution in [-0.4, -0.2) is 17.6 Å². The Balaban J connectivity index is 2.46. The fourth-order valence-electron chi connectivity index (χ4n) is 1.10. The minimum Gasteiger partial charge on any atom is -0.493 e. The first kappa shape index (κ1) is 11.5. The van der Waals surface area contributed by atoms with Gasteiger partial charge in [-0.05, 0) is 6.07 Å². The third-order valence-electron chi connectivity index (χ3n) is 1.89. The third-order valence-corrected chi connectivity index (χ3v) is 1.89. The van der Waals surface area contributed by atoms with Crippen LogP contribution in [0.4, 0.5) is 0 Å². The number of benzene rings is 1. The number of nitrogens with one attached hydrogen (secondary N) is 1. The first-order valence-electron chi connectivity index (χ1n) is 4.59. The van der Waals surface area contributed by atoms with Gasteiger partial charge < -0.3 is 9.84 Å². The lowest BCUT2D eigenvalue weighted by atomic mass is 10.2. The minimum atomic E-state index is -0.281. The molecule has 4 N–H and O–H groups in total. The maximum Gasteiger partial charge on any atom is 0.237 e. The van der Waals surface area contributed by atoms with Crippen LogP contribution < -0.4 is 16.0 Å². The summed E-state index contributed by atoms with van der Waals surface area (Å²) in [6.07, 6.45) is 0.191. The van der Waals surface area contributed by atoms with Crippen molar-refractivity contribution >= 4 is 5.91 Å². The van der Waals surface area contributed by atoms with Crippen molar-refractivity contribution < 1.29 is 14.6 Å². The van der Waals surface area contributed by atoms with E-state index in [-0.39, 0.29) is 25.5 Å². The Kier molecular flexibility index (Phi) is 4.59. The summed E-state index contributed by atoms with van der Waals surface area (Å²) < 4.78 is 5.32. The largest absolute Gasteiger partial charge is 0.493 e. The first-order valence-corrected chi connectivity index (χ1v) is 4.59. The number of carbonyl (C=O) groups is 1. The zero-order valence-electron chi connectivity index (χ0n) is 8.27. The molecule has 5 nitrogen and oxygen atoms in total. The summed E-state index contributed by atoms with van der Waals surface area (Å²) >= 11 is 0. The van der Waals surface area contributed by atoms with E-state index in [0.717, 1.165) is 0 Å². The molecule has 0 unspecified atom stereocenters. The van der Waals surface area contributed by atoms with E-state index >= 15 is 0 Å². The van der Waals surface area contributed by atoms with Gasteiger partial charge in [0.15, 0.2) is 0 Å². The van der Waals surface area contributed by atoms with Crippen LogP contribution in [0.3, 0.4) is 0 Å². The molecule has 5 heteroatoms. The lowest BCUT2D eigenvalue weighted by Crippen LogP contribution is -2.31. The average Bonchev–Trinajstić information content (AvgIpc) is 2.29. The molecule has 1 amide bonds. The van der Waals surface area contributed by atoms with E-state index in [4.69, 9.17) is 15.7 Å². The zero-order valence-corrected chi connectivity index (χ0v) is 8.27. The summed E-state index contributed by atoms with van der Waals surface area (Å²) in [4.78, 5) is 10.8. The average molecular weight is 210 g/mol. The predicted octanol–water partition coefficient (Wildman–Crippen LogP) is -0.0623. The van der Waals surface area contributed by atoms with Crippen molar-refractivity contribution in [3.8, 4) is 5.75 Å². The van der Waals surface area contributed by atoms with E-state index in [0.29, 0.717) is 11.3 Å². The van der Waals surface area contributed by atoms with Crippen LogP contribution in [0.2, 0.25) is 0 Å². The highest BCUT2D eigenvalue weighted by Gasteiger charge is 2.03. The second-order valence-electron chi connectivity index (χ2n) is 2.93. The Morgan fingerprint density at radius 2 is 2.20 bits per heavy atom. The van der Waals surface area contributed by atoms with Crippen LogP contribution >= 0.6 is 0 Å². The minimum absolute atomic E-state index is 0.0841. The van der Waals surface area contributed by atoms with Gasteiger partial charge in [-0.1, -0.05) is 18.2 Å². The monoisotopic (exact) mass is 210 g/mol. The third kappa shape index (κ3) is 3.57. The fourth-order valence-corrected chi connectivity index (χ4v) is 1.10. The summed E-state index contributed by atoms with van der Waals surface area (Å²) in [5, 5.41) is 8.99. The van der Waals surface area contributed by atoms with E-state index in [1.807, 2.05) is 11.5 Å². The highest BCUT2D eigenvalue weighted by atomic mass is 16.5. The highest BCUT2D eigenvalue weighted by Crippen LogP contribution is 2.17. The normalized spacial score (nSPS) is 9.73. The van der Waals surface area contributed by atoms with Gasteiger partial charge >= 0.3 is 0 Å². The molecule has 0 aliphatic heterocycles. The number of carbonyl (C=O) groups excluding carboxylic acids is 1. The van der Waals surface area contributed by atoms with Gasteiger partial charge in [0, 0.05) is 5.56 Å². The van der Waals surface area contributed by atoms with Gasteiger partial charge in [0.05, 0.1) is 19.6 Å². The summed E-state index contributed by atoms with van der Waals surface area (Å²) in [6, 6.07) is 7.12. The lowest BCUT2D eigenvalue weighted by Gasteiger charge is -2.08. The highest BCUT2D eigenvalue weighted by molar-refractivity contribution is 5.75. The van der Waals surface area contributed by atoms with Crippen molar-refractivity contribution in [3.63, 3.8) is 0 Å². The van der Waals surface area contributed by atoms with E-state index in [2.05, 4.69) is 0 Å². The van der Waals surface area contributed by atoms with Crippen LogP contribution in [0.5, 0.6) is 5.75 Å². The van der Waals surface area contributed by atoms with Gasteiger partial charge in [-0.25, -0.2) is 5.84 Å². The van der Waals surface area contributed by atoms with Crippen LogP contribution in [0.1, 0.15) is 12.0 Å². The number of aliphatic hydroxyl groups excluding tert-OH is 1. The predicted molar refractivity (Wildman–Crippen MR) is 54.8 cm³/mol. The zero-order chi connectivity index (χ0) is 11.1. The molecule has 0 radical (unpaired) electrons. The van der Waals surface area contributed by atoms with E-state index in [1.54, 1.807) is 18.2 Å². The molecule has 0 heterocycles. The SMILES string of the molecule is NNC(=O)CCOc1ccccc1CO. The Labute approximate surface area is 87.8 Å². The molecule has 1 aromatic rings. The van der Waals surface area contributed by atoms with Gasteiger partial charge in [0.1, 0.15) is 5.75 Å². The van der Waals surface area contributed by atoms with Crippen molar-refractivity contribution in [2.75, 3.05) is 6.61 Å². The maximum absolute atomic E-state index is 10.8. The summed E-state index contributed by atoms with van der Waals surface area (Å²) in [7, 11) is 0. The Hall–Kier alpha value is -1.59. The molecule has 0 aliphatic carbocycles. The lowest BCUT2D eigenvalue weighted by molar-refractivity contribution is -0.121. The Bertz CT molecular complexity index is 328. The molecule has 0 aromatic heterocycles. The Morgan fingerprint density at radius 1 is 1.47 bits per heavy atom. The molecule has 0 saturated heterocycles. The quantitative estimate of drug-likeness (QED) is 0.361. The molecule has 0 fully saturated rings. The molecular formula is C10H14N2O3. The number of ether oxygens (including phenoxy) is 1. The molecule has 0 saturated carbocycles. The van der Waals surface area contributed by atoms with Crippen molar-refractivity contribution in [2.45, 2.75) is 13.0 Å². The van der Waals surface area contributed by atoms with Gasteiger partial charge in [0.2, 0.25) is 5.91 Å². The molecular weight excluding hydrogens is 196 g/mol. The van der Waals surface area contributed by atoms with Crippen LogP contribution in [0.25, 0.3) is 0 Å². The molecule has 0 bridgehead atoms. The van der Waals surface area contributed by atoms with Crippen molar-refractivity contribution in [1.29, 1.82) is 0 Å². The van der Waals surface area contributed by atoms with E-state index in [1.165, 1.54) is 0 Å². The Morgan fingerprint density at radius 3 is 2.87 bits per heavy atom. The van der Waals surface area contributed by atoms with Gasteiger partial charge in [-0.15, -0.1) is 0 Å². The fraction of sp³-hybridized carbons (Fsp3) is 0.300. The molecule has 1 rings (SSSR count). The number of nitrogens with two attached hydrogens (primary N) is 1. The van der Waals surface area contributed by atoms with E-state index < -0.39 is 0 Å². The van der Waals surface area contributed by atoms with Gasteiger partial charge in [0.25, 0.3) is 0 Å². The van der Waals surface area contributed by atoms with Crippen LogP contribution in [0.15, 0.2) is 24.3 Å². The van der Waals surface area contributed by atoms with Crippen molar-refractivity contribution in [3.05, 3.63) is 29.8 Å². The number of amides is 1. The number of para-hydroxylation sites is 1. The van der Waals surface area contributed by atoms with Gasteiger partial charge in [-0.2, -0.15) is 0 Å². The number of hydrogen-bond acceptors (Lipinski definition) is 4. The standard InChI is InChI=1S/C10H14N2O3/c11-12-10(14)5-6-15-9-4-2-1-3-8(9)7-13/h1-4,13H,5-7,11H2,(H,12,14). The van der Waals surface area contributed by atoms with Gasteiger partial charge in [-0.3, -0.25) is 10.2 Å². The molecule has 0 spiro atoms. The summed E-state index contributed by atoms with van der Waals surface area (Å²) in [6.45, 7) is 0.152.